The van der Waals surface area contributed by atoms with Crippen LogP contribution < -0.4 is 0 Å². The first-order valence-corrected chi connectivity index (χ1v) is 6.97. The van der Waals surface area contributed by atoms with E-state index in [1.54, 1.807) is 6.07 Å². The van der Waals surface area contributed by atoms with Gasteiger partial charge in [0.25, 0.3) is 0 Å². The molecule has 0 aliphatic carbocycles. The van der Waals surface area contributed by atoms with Gasteiger partial charge in [0, 0.05) is 5.02 Å². The fourth-order valence-electron chi connectivity index (χ4n) is 1.57. The molecule has 19 heavy (non-hydrogen) atoms. The molecule has 0 unspecified atom stereocenters. The Labute approximate surface area is 132 Å². The lowest BCUT2D eigenvalue weighted by Crippen LogP contribution is -2.06. The molecule has 0 aliphatic heterocycles. The molecule has 0 heterocycles. The summed E-state index contributed by atoms with van der Waals surface area (Å²) in [7, 11) is 0. The van der Waals surface area contributed by atoms with E-state index in [9.17, 15) is 9.18 Å². The van der Waals surface area contributed by atoms with Crippen molar-refractivity contribution in [2.45, 2.75) is 0 Å². The summed E-state index contributed by atoms with van der Waals surface area (Å²) < 4.78 is 14.1. The Balaban J connectivity index is 2.60. The maximum atomic E-state index is 13.9. The van der Waals surface area contributed by atoms with Crippen LogP contribution in [0.3, 0.4) is 0 Å². The van der Waals surface area contributed by atoms with E-state index in [1.807, 2.05) is 0 Å². The molecule has 0 spiro atoms. The predicted molar refractivity (Wildman–Crippen MR) is 79.0 cm³/mol. The maximum Gasteiger partial charge on any atom is 0.199 e. The van der Waals surface area contributed by atoms with Gasteiger partial charge < -0.3 is 0 Å². The zero-order valence-corrected chi connectivity index (χ0v) is 13.0. The minimum Gasteiger partial charge on any atom is -0.288 e. The van der Waals surface area contributed by atoms with Gasteiger partial charge in [-0.3, -0.25) is 4.79 Å². The summed E-state index contributed by atoms with van der Waals surface area (Å²) in [6.07, 6.45) is 0. The number of carbonyl (C=O) groups excluding carboxylic acids is 1. The van der Waals surface area contributed by atoms with E-state index in [1.165, 1.54) is 24.3 Å². The zero-order valence-electron chi connectivity index (χ0n) is 9.18. The second-order valence-electron chi connectivity index (χ2n) is 3.67. The zero-order chi connectivity index (χ0) is 14.2. The Hall–Kier alpha value is -0.610. The van der Waals surface area contributed by atoms with Crippen molar-refractivity contribution in [2.24, 2.45) is 0 Å². The summed E-state index contributed by atoms with van der Waals surface area (Å²) >= 11 is 20.7. The topological polar surface area (TPSA) is 17.1 Å². The van der Waals surface area contributed by atoms with Crippen LogP contribution in [0.25, 0.3) is 0 Å². The molecule has 0 radical (unpaired) electrons. The van der Waals surface area contributed by atoms with Gasteiger partial charge >= 0.3 is 0 Å². The first-order valence-electron chi connectivity index (χ1n) is 5.05. The summed E-state index contributed by atoms with van der Waals surface area (Å²) in [4.78, 5) is 12.3. The van der Waals surface area contributed by atoms with Crippen LogP contribution in [0.1, 0.15) is 15.9 Å². The lowest BCUT2D eigenvalue weighted by Gasteiger charge is -2.08. The molecular formula is C13H5BrCl3FO. The fraction of sp³-hybridized carbons (Fsp3) is 0. The normalized spacial score (nSPS) is 10.6. The van der Waals surface area contributed by atoms with Gasteiger partial charge in [0.1, 0.15) is 5.82 Å². The van der Waals surface area contributed by atoms with Gasteiger partial charge in [0.15, 0.2) is 5.78 Å². The van der Waals surface area contributed by atoms with Crippen LogP contribution in [0, 0.1) is 5.82 Å². The maximum absolute atomic E-state index is 13.9. The molecule has 0 amide bonds. The average molecular weight is 382 g/mol. The van der Waals surface area contributed by atoms with E-state index < -0.39 is 11.6 Å². The van der Waals surface area contributed by atoms with Gasteiger partial charge in [-0.15, -0.1) is 0 Å². The van der Waals surface area contributed by atoms with E-state index in [4.69, 9.17) is 34.8 Å². The van der Waals surface area contributed by atoms with Crippen molar-refractivity contribution in [2.75, 3.05) is 0 Å². The molecule has 98 valence electrons. The fourth-order valence-corrected chi connectivity index (χ4v) is 2.93. The molecule has 0 atom stereocenters. The molecule has 0 saturated heterocycles. The van der Waals surface area contributed by atoms with E-state index in [0.717, 1.165) is 0 Å². The van der Waals surface area contributed by atoms with Gasteiger partial charge in [-0.05, 0) is 40.2 Å². The molecule has 1 nitrogen and oxygen atoms in total. The van der Waals surface area contributed by atoms with Gasteiger partial charge in [0.2, 0.25) is 0 Å². The van der Waals surface area contributed by atoms with Crippen molar-refractivity contribution in [3.63, 3.8) is 0 Å². The number of hydrogen-bond acceptors (Lipinski definition) is 1. The second kappa shape index (κ2) is 5.80. The summed E-state index contributed by atoms with van der Waals surface area (Å²) in [6.45, 7) is 0. The number of halogens is 5. The molecule has 0 fully saturated rings. The summed E-state index contributed by atoms with van der Waals surface area (Å²) in [6, 6.07) is 7.19. The highest BCUT2D eigenvalue weighted by Gasteiger charge is 2.21. The number of hydrogen-bond donors (Lipinski definition) is 0. The van der Waals surface area contributed by atoms with Crippen molar-refractivity contribution in [3.8, 4) is 0 Å². The SMILES string of the molecule is O=C(c1cccc(Br)c1F)c1c(Cl)cc(Cl)cc1Cl. The van der Waals surface area contributed by atoms with Crippen LogP contribution in [0.4, 0.5) is 4.39 Å². The Morgan fingerprint density at radius 2 is 1.68 bits per heavy atom. The van der Waals surface area contributed by atoms with Crippen LogP contribution >= 0.6 is 50.7 Å². The lowest BCUT2D eigenvalue weighted by molar-refractivity contribution is 0.103. The molecule has 0 aromatic heterocycles. The largest absolute Gasteiger partial charge is 0.288 e. The monoisotopic (exact) mass is 380 g/mol. The van der Waals surface area contributed by atoms with Crippen LogP contribution in [-0.2, 0) is 0 Å². The van der Waals surface area contributed by atoms with Crippen LogP contribution in [0.5, 0.6) is 0 Å². The molecule has 6 heteroatoms. The number of rotatable bonds is 2. The van der Waals surface area contributed by atoms with Gasteiger partial charge in [-0.2, -0.15) is 0 Å². The predicted octanol–water partition coefficient (Wildman–Crippen LogP) is 5.78. The summed E-state index contributed by atoms with van der Waals surface area (Å²) in [5.41, 5.74) is -0.0785. The van der Waals surface area contributed by atoms with E-state index in [2.05, 4.69) is 15.9 Å². The molecule has 0 aliphatic rings. The van der Waals surface area contributed by atoms with Crippen molar-refractivity contribution in [1.82, 2.24) is 0 Å². The highest BCUT2D eigenvalue weighted by Crippen LogP contribution is 2.32. The van der Waals surface area contributed by atoms with Crippen LogP contribution in [-0.4, -0.2) is 5.78 Å². The lowest BCUT2D eigenvalue weighted by atomic mass is 10.0. The number of ketones is 1. The Kier molecular flexibility index (Phi) is 4.51. The minimum atomic E-state index is -0.658. The van der Waals surface area contributed by atoms with E-state index in [-0.39, 0.29) is 25.6 Å². The molecule has 2 rings (SSSR count). The molecular weight excluding hydrogens is 377 g/mol. The van der Waals surface area contributed by atoms with Crippen LogP contribution in [0.2, 0.25) is 15.1 Å². The second-order valence-corrected chi connectivity index (χ2v) is 5.78. The van der Waals surface area contributed by atoms with Crippen molar-refractivity contribution >= 4 is 56.5 Å². The average Bonchev–Trinajstić information content (AvgIpc) is 2.31. The highest BCUT2D eigenvalue weighted by molar-refractivity contribution is 9.10. The van der Waals surface area contributed by atoms with Crippen molar-refractivity contribution in [1.29, 1.82) is 0 Å². The summed E-state index contributed by atoms with van der Waals surface area (Å²) in [5, 5.41) is 0.477. The third-order valence-electron chi connectivity index (χ3n) is 2.43. The quantitative estimate of drug-likeness (QED) is 0.602. The third-order valence-corrected chi connectivity index (χ3v) is 3.86. The van der Waals surface area contributed by atoms with Gasteiger partial charge in [0.05, 0.1) is 25.6 Å². The Morgan fingerprint density at radius 3 is 2.26 bits per heavy atom. The number of benzene rings is 2. The Morgan fingerprint density at radius 1 is 1.11 bits per heavy atom. The molecule has 2 aromatic carbocycles. The highest BCUT2D eigenvalue weighted by atomic mass is 79.9. The minimum absolute atomic E-state index is 0.0322. The van der Waals surface area contributed by atoms with Crippen molar-refractivity contribution in [3.05, 3.63) is 66.8 Å². The molecule has 0 bridgehead atoms. The smallest absolute Gasteiger partial charge is 0.199 e. The van der Waals surface area contributed by atoms with Gasteiger partial charge in [-0.25, -0.2) is 4.39 Å². The number of carbonyl (C=O) groups is 1. The van der Waals surface area contributed by atoms with Gasteiger partial charge in [-0.1, -0.05) is 40.9 Å². The molecule has 2 aromatic rings. The first kappa shape index (κ1) is 14.8. The molecule has 0 N–H and O–H groups in total. The third kappa shape index (κ3) is 2.95. The standard InChI is InChI=1S/C13H5BrCl3FO/c14-8-3-1-2-7(12(8)18)13(19)11-9(16)4-6(15)5-10(11)17/h1-5H. The first-order chi connectivity index (χ1) is 8.91. The van der Waals surface area contributed by atoms with Crippen LogP contribution in [0.15, 0.2) is 34.8 Å². The van der Waals surface area contributed by atoms with E-state index >= 15 is 0 Å². The summed E-state index contributed by atoms with van der Waals surface area (Å²) in [5.74, 6) is -1.25. The molecule has 0 saturated carbocycles. The van der Waals surface area contributed by atoms with Crippen molar-refractivity contribution < 1.29 is 9.18 Å². The Bertz CT molecular complexity index is 650. The van der Waals surface area contributed by atoms with E-state index in [0.29, 0.717) is 5.02 Å².